The highest BCUT2D eigenvalue weighted by atomic mass is 35.5. The van der Waals surface area contributed by atoms with Crippen LogP contribution < -0.4 is 0 Å². The SMILES string of the molecule is O=C(O)CC1CCCN1C(=O)Cc1csc2ccc(Cl)cc12. The van der Waals surface area contributed by atoms with Crippen LogP contribution in [0.25, 0.3) is 10.1 Å². The maximum atomic E-state index is 12.5. The minimum absolute atomic E-state index is 0.00317. The number of thiophene rings is 1. The smallest absolute Gasteiger partial charge is 0.305 e. The van der Waals surface area contributed by atoms with Gasteiger partial charge < -0.3 is 10.0 Å². The van der Waals surface area contributed by atoms with E-state index in [0.29, 0.717) is 18.0 Å². The van der Waals surface area contributed by atoms with Gasteiger partial charge in [0.2, 0.25) is 5.91 Å². The predicted molar refractivity (Wildman–Crippen MR) is 87.5 cm³/mol. The minimum Gasteiger partial charge on any atom is -0.481 e. The van der Waals surface area contributed by atoms with Gasteiger partial charge in [0.1, 0.15) is 0 Å². The Balaban J connectivity index is 1.78. The number of rotatable bonds is 4. The number of nitrogens with zero attached hydrogens (tertiary/aromatic N) is 1. The standard InChI is InChI=1S/C16H16ClNO3S/c17-11-3-4-14-13(7-11)10(9-22-14)6-15(19)18-5-1-2-12(18)8-16(20)21/h3-4,7,9,12H,1-2,5-6,8H2,(H,20,21). The van der Waals surface area contributed by atoms with Crippen LogP contribution in [0.1, 0.15) is 24.8 Å². The summed E-state index contributed by atoms with van der Waals surface area (Å²) in [5.41, 5.74) is 0.966. The molecule has 1 unspecified atom stereocenters. The lowest BCUT2D eigenvalue weighted by molar-refractivity contribution is -0.139. The molecule has 1 amide bonds. The van der Waals surface area contributed by atoms with Gasteiger partial charge in [-0.05, 0) is 47.4 Å². The van der Waals surface area contributed by atoms with Gasteiger partial charge in [0.15, 0.2) is 0 Å². The molecule has 0 radical (unpaired) electrons. The maximum absolute atomic E-state index is 12.5. The lowest BCUT2D eigenvalue weighted by atomic mass is 10.1. The van der Waals surface area contributed by atoms with Crippen molar-refractivity contribution in [3.63, 3.8) is 0 Å². The number of carboxylic acid groups (broad SMARTS) is 1. The fourth-order valence-corrected chi connectivity index (χ4v) is 4.15. The summed E-state index contributed by atoms with van der Waals surface area (Å²) in [4.78, 5) is 25.2. The second kappa shape index (κ2) is 6.26. The summed E-state index contributed by atoms with van der Waals surface area (Å²) in [5, 5.41) is 12.6. The number of halogens is 1. The van der Waals surface area contributed by atoms with Crippen molar-refractivity contribution < 1.29 is 14.7 Å². The second-order valence-electron chi connectivity index (χ2n) is 5.56. The summed E-state index contributed by atoms with van der Waals surface area (Å²) >= 11 is 7.63. The molecule has 1 aliphatic heterocycles. The van der Waals surface area contributed by atoms with E-state index >= 15 is 0 Å². The molecule has 22 heavy (non-hydrogen) atoms. The topological polar surface area (TPSA) is 57.6 Å². The van der Waals surface area contributed by atoms with Crippen LogP contribution in [0.4, 0.5) is 0 Å². The third kappa shape index (κ3) is 3.10. The zero-order valence-corrected chi connectivity index (χ0v) is 13.5. The van der Waals surface area contributed by atoms with Gasteiger partial charge in [-0.25, -0.2) is 0 Å². The van der Waals surface area contributed by atoms with E-state index in [4.69, 9.17) is 16.7 Å². The third-order valence-electron chi connectivity index (χ3n) is 4.07. The Kier molecular flexibility index (Phi) is 4.36. The van der Waals surface area contributed by atoms with Crippen molar-refractivity contribution in [3.05, 3.63) is 34.2 Å². The lowest BCUT2D eigenvalue weighted by Gasteiger charge is -2.23. The fraction of sp³-hybridized carbons (Fsp3) is 0.375. The number of carbonyl (C=O) groups excluding carboxylic acids is 1. The number of fused-ring (bicyclic) bond motifs is 1. The van der Waals surface area contributed by atoms with Gasteiger partial charge in [-0.15, -0.1) is 11.3 Å². The zero-order chi connectivity index (χ0) is 15.7. The first-order valence-electron chi connectivity index (χ1n) is 7.21. The number of carbonyl (C=O) groups is 2. The van der Waals surface area contributed by atoms with Crippen molar-refractivity contribution in [2.24, 2.45) is 0 Å². The molecule has 6 heteroatoms. The molecule has 0 aliphatic carbocycles. The highest BCUT2D eigenvalue weighted by molar-refractivity contribution is 7.17. The lowest BCUT2D eigenvalue weighted by Crippen LogP contribution is -2.37. The summed E-state index contributed by atoms with van der Waals surface area (Å²) in [6.45, 7) is 0.652. The highest BCUT2D eigenvalue weighted by Gasteiger charge is 2.30. The van der Waals surface area contributed by atoms with E-state index in [-0.39, 0.29) is 18.4 Å². The Labute approximate surface area is 137 Å². The Morgan fingerprint density at radius 2 is 2.23 bits per heavy atom. The molecule has 1 N–H and O–H groups in total. The first kappa shape index (κ1) is 15.3. The van der Waals surface area contributed by atoms with Crippen LogP contribution in [-0.2, 0) is 16.0 Å². The molecule has 1 saturated heterocycles. The molecular formula is C16H16ClNO3S. The Bertz CT molecular complexity index is 727. The first-order chi connectivity index (χ1) is 10.5. The van der Waals surface area contributed by atoms with Crippen LogP contribution in [0.2, 0.25) is 5.02 Å². The fourth-order valence-electron chi connectivity index (χ4n) is 3.03. The third-order valence-corrected chi connectivity index (χ3v) is 5.31. The molecule has 116 valence electrons. The van der Waals surface area contributed by atoms with Crippen LogP contribution in [0.5, 0.6) is 0 Å². The molecule has 1 aliphatic rings. The van der Waals surface area contributed by atoms with Crippen LogP contribution in [0, 0.1) is 0 Å². The van der Waals surface area contributed by atoms with Crippen molar-refractivity contribution in [3.8, 4) is 0 Å². The van der Waals surface area contributed by atoms with Crippen molar-refractivity contribution in [1.82, 2.24) is 4.90 Å². The van der Waals surface area contributed by atoms with E-state index in [1.807, 2.05) is 23.6 Å². The number of carboxylic acids is 1. The average molecular weight is 338 g/mol. The summed E-state index contributed by atoms with van der Waals surface area (Å²) in [7, 11) is 0. The first-order valence-corrected chi connectivity index (χ1v) is 8.47. The molecule has 0 spiro atoms. The quantitative estimate of drug-likeness (QED) is 0.928. The molecule has 3 rings (SSSR count). The number of aliphatic carboxylic acids is 1. The predicted octanol–water partition coefficient (Wildman–Crippen LogP) is 3.56. The Hall–Kier alpha value is -1.59. The van der Waals surface area contributed by atoms with Crippen LogP contribution in [-0.4, -0.2) is 34.5 Å². The number of benzene rings is 1. The van der Waals surface area contributed by atoms with Gasteiger partial charge in [-0.3, -0.25) is 9.59 Å². The van der Waals surface area contributed by atoms with E-state index in [9.17, 15) is 9.59 Å². The summed E-state index contributed by atoms with van der Waals surface area (Å²) in [6, 6.07) is 5.52. The van der Waals surface area contributed by atoms with E-state index in [0.717, 1.165) is 28.5 Å². The van der Waals surface area contributed by atoms with Crippen molar-refractivity contribution in [2.45, 2.75) is 31.7 Å². The number of hydrogen-bond acceptors (Lipinski definition) is 3. The van der Waals surface area contributed by atoms with Gasteiger partial charge in [-0.1, -0.05) is 11.6 Å². The molecule has 2 aromatic rings. The van der Waals surface area contributed by atoms with Gasteiger partial charge in [0.05, 0.1) is 12.8 Å². The minimum atomic E-state index is -0.850. The highest BCUT2D eigenvalue weighted by Crippen LogP contribution is 2.30. The van der Waals surface area contributed by atoms with E-state index in [1.54, 1.807) is 16.2 Å². The van der Waals surface area contributed by atoms with Crippen molar-refractivity contribution in [2.75, 3.05) is 6.54 Å². The maximum Gasteiger partial charge on any atom is 0.305 e. The molecule has 1 fully saturated rings. The molecule has 0 saturated carbocycles. The van der Waals surface area contributed by atoms with E-state index < -0.39 is 5.97 Å². The van der Waals surface area contributed by atoms with Crippen LogP contribution in [0.3, 0.4) is 0 Å². The number of likely N-dealkylation sites (tertiary alicyclic amines) is 1. The normalized spacial score (nSPS) is 18.0. The molecule has 1 atom stereocenters. The van der Waals surface area contributed by atoms with Gasteiger partial charge >= 0.3 is 5.97 Å². The monoisotopic (exact) mass is 337 g/mol. The Morgan fingerprint density at radius 3 is 3.00 bits per heavy atom. The number of hydrogen-bond donors (Lipinski definition) is 1. The summed E-state index contributed by atoms with van der Waals surface area (Å²) < 4.78 is 1.11. The van der Waals surface area contributed by atoms with Gasteiger partial charge in [0, 0.05) is 22.3 Å². The van der Waals surface area contributed by atoms with Crippen molar-refractivity contribution in [1.29, 1.82) is 0 Å². The summed E-state index contributed by atoms with van der Waals surface area (Å²) in [6.07, 6.45) is 1.98. The molecule has 4 nitrogen and oxygen atoms in total. The molecule has 2 heterocycles. The van der Waals surface area contributed by atoms with Crippen molar-refractivity contribution >= 4 is 44.9 Å². The average Bonchev–Trinajstić information content (AvgIpc) is 3.05. The second-order valence-corrected chi connectivity index (χ2v) is 6.91. The zero-order valence-electron chi connectivity index (χ0n) is 11.9. The molecule has 0 bridgehead atoms. The van der Waals surface area contributed by atoms with Crippen LogP contribution >= 0.6 is 22.9 Å². The molecular weight excluding hydrogens is 322 g/mol. The van der Waals surface area contributed by atoms with E-state index in [1.165, 1.54) is 0 Å². The van der Waals surface area contributed by atoms with Gasteiger partial charge in [0.25, 0.3) is 0 Å². The summed E-state index contributed by atoms with van der Waals surface area (Å²) in [5.74, 6) is -0.846. The van der Waals surface area contributed by atoms with E-state index in [2.05, 4.69) is 0 Å². The largest absolute Gasteiger partial charge is 0.481 e. The van der Waals surface area contributed by atoms with Gasteiger partial charge in [-0.2, -0.15) is 0 Å². The van der Waals surface area contributed by atoms with Crippen LogP contribution in [0.15, 0.2) is 23.6 Å². The Morgan fingerprint density at radius 1 is 1.41 bits per heavy atom. The molecule has 1 aromatic heterocycles. The number of amides is 1. The molecule has 1 aromatic carbocycles.